The fourth-order valence-corrected chi connectivity index (χ4v) is 2.75. The van der Waals surface area contributed by atoms with Gasteiger partial charge in [0.1, 0.15) is 5.60 Å². The summed E-state index contributed by atoms with van der Waals surface area (Å²) in [5, 5.41) is 11.1. The fraction of sp³-hybridized carbons (Fsp3) is 0.857. The molecule has 0 radical (unpaired) electrons. The molecule has 0 spiro atoms. The highest BCUT2D eigenvalue weighted by atomic mass is 16.6. The first-order valence-corrected chi connectivity index (χ1v) is 7.49. The van der Waals surface area contributed by atoms with E-state index in [1.54, 1.807) is 0 Å². The minimum atomic E-state index is -0.894. The Morgan fingerprint density at radius 3 is 2.00 bits per heavy atom. The summed E-state index contributed by atoms with van der Waals surface area (Å²) < 4.78 is 4.95. The molecule has 2 amide bonds. The third kappa shape index (κ3) is 6.20. The fourth-order valence-electron chi connectivity index (χ4n) is 2.75. The van der Waals surface area contributed by atoms with Crippen molar-refractivity contribution < 1.29 is 19.4 Å². The molecular formula is C14H27N3O4. The molecule has 2 rings (SSSR count). The first-order chi connectivity index (χ1) is 9.79. The van der Waals surface area contributed by atoms with Crippen LogP contribution in [0.25, 0.3) is 0 Å². The van der Waals surface area contributed by atoms with Gasteiger partial charge in [-0.15, -0.1) is 0 Å². The lowest BCUT2D eigenvalue weighted by molar-refractivity contribution is -0.0321. The lowest BCUT2D eigenvalue weighted by atomic mass is 9.82. The van der Waals surface area contributed by atoms with Gasteiger partial charge in [0.05, 0.1) is 0 Å². The van der Waals surface area contributed by atoms with E-state index in [2.05, 4.69) is 5.32 Å². The summed E-state index contributed by atoms with van der Waals surface area (Å²) >= 11 is 0. The molecule has 2 aliphatic carbocycles. The van der Waals surface area contributed by atoms with Gasteiger partial charge in [-0.1, -0.05) is 19.3 Å². The van der Waals surface area contributed by atoms with E-state index in [1.165, 1.54) is 6.42 Å². The molecule has 0 atom stereocenters. The van der Waals surface area contributed by atoms with Crippen LogP contribution >= 0.6 is 0 Å². The molecule has 2 fully saturated rings. The van der Waals surface area contributed by atoms with Crippen LogP contribution in [0, 0.1) is 0 Å². The summed E-state index contributed by atoms with van der Waals surface area (Å²) in [6, 6.07) is 0. The number of amides is 2. The van der Waals surface area contributed by atoms with Gasteiger partial charge in [0.15, 0.2) is 0 Å². The van der Waals surface area contributed by atoms with Crippen molar-refractivity contribution >= 4 is 12.2 Å². The van der Waals surface area contributed by atoms with E-state index >= 15 is 0 Å². The Kier molecular flexibility index (Phi) is 6.26. The average molecular weight is 301 g/mol. The number of carbonyl (C=O) groups is 2. The molecule has 2 aliphatic rings. The van der Waals surface area contributed by atoms with Gasteiger partial charge in [-0.2, -0.15) is 0 Å². The summed E-state index contributed by atoms with van der Waals surface area (Å²) in [6.45, 7) is 3.89. The number of rotatable bonds is 2. The van der Waals surface area contributed by atoms with E-state index in [0.29, 0.717) is 0 Å². The van der Waals surface area contributed by atoms with Crippen LogP contribution in [0.3, 0.4) is 0 Å². The summed E-state index contributed by atoms with van der Waals surface area (Å²) in [7, 11) is 0. The maximum Gasteiger partial charge on any atom is 0.421 e. The Hall–Kier alpha value is -1.50. The Morgan fingerprint density at radius 1 is 1.05 bits per heavy atom. The number of carboxylic acid groups (broad SMARTS) is 1. The molecule has 0 unspecified atom stereocenters. The van der Waals surface area contributed by atoms with Crippen LogP contribution in [0.5, 0.6) is 0 Å². The molecule has 7 heteroatoms. The molecular weight excluding hydrogens is 274 g/mol. The monoisotopic (exact) mass is 301 g/mol. The summed E-state index contributed by atoms with van der Waals surface area (Å²) in [5.41, 5.74) is 1.53. The molecule has 5 N–H and O–H groups in total. The Labute approximate surface area is 125 Å². The normalized spacial score (nSPS) is 21.9. The highest BCUT2D eigenvalue weighted by Gasteiger charge is 2.35. The quantitative estimate of drug-likeness (QED) is 0.355. The molecule has 7 nitrogen and oxygen atoms in total. The van der Waals surface area contributed by atoms with Crippen LogP contribution in [0.2, 0.25) is 0 Å². The smallest absolute Gasteiger partial charge is 0.421 e. The maximum atomic E-state index is 10.6. The predicted octanol–water partition coefficient (Wildman–Crippen LogP) is 2.51. The van der Waals surface area contributed by atoms with Crippen LogP contribution in [0.1, 0.15) is 65.2 Å². The first-order valence-electron chi connectivity index (χ1n) is 7.49. The van der Waals surface area contributed by atoms with Crippen LogP contribution < -0.4 is 16.6 Å². The largest absolute Gasteiger partial charge is 0.465 e. The summed E-state index contributed by atoms with van der Waals surface area (Å²) in [4.78, 5) is 20.9. The highest BCUT2D eigenvalue weighted by Crippen LogP contribution is 2.34. The Balaban J connectivity index is 0.000000211. The Morgan fingerprint density at radius 2 is 1.62 bits per heavy atom. The number of hydrogen-bond donors (Lipinski definition) is 4. The first kappa shape index (κ1) is 17.6. The van der Waals surface area contributed by atoms with E-state index in [1.807, 2.05) is 19.3 Å². The van der Waals surface area contributed by atoms with E-state index in [0.717, 1.165) is 44.9 Å². The number of hydrazine groups is 1. The number of ether oxygens (including phenoxy) is 1. The number of carbonyl (C=O) groups excluding carboxylic acids is 1. The third-order valence-corrected chi connectivity index (χ3v) is 4.23. The lowest BCUT2D eigenvalue weighted by Gasteiger charge is -2.36. The van der Waals surface area contributed by atoms with Gasteiger partial charge in [0.25, 0.3) is 0 Å². The minimum absolute atomic E-state index is 0.149. The van der Waals surface area contributed by atoms with Crippen molar-refractivity contribution in [3.05, 3.63) is 0 Å². The van der Waals surface area contributed by atoms with Crippen molar-refractivity contribution in [2.45, 2.75) is 76.4 Å². The third-order valence-electron chi connectivity index (χ3n) is 4.23. The van der Waals surface area contributed by atoms with Gasteiger partial charge in [0.2, 0.25) is 0 Å². The van der Waals surface area contributed by atoms with E-state index < -0.39 is 12.2 Å². The molecule has 122 valence electrons. The number of nitrogens with one attached hydrogen (secondary N) is 2. The maximum absolute atomic E-state index is 10.6. The van der Waals surface area contributed by atoms with Gasteiger partial charge in [-0.05, 0) is 46.0 Å². The molecule has 0 heterocycles. The molecule has 21 heavy (non-hydrogen) atoms. The molecule has 0 aromatic carbocycles. The van der Waals surface area contributed by atoms with Gasteiger partial charge < -0.3 is 15.2 Å². The molecule has 0 aromatic rings. The van der Waals surface area contributed by atoms with Gasteiger partial charge in [0, 0.05) is 5.54 Å². The van der Waals surface area contributed by atoms with Crippen molar-refractivity contribution in [3.63, 3.8) is 0 Å². The molecule has 2 saturated carbocycles. The van der Waals surface area contributed by atoms with E-state index in [4.69, 9.17) is 15.7 Å². The molecule has 0 saturated heterocycles. The van der Waals surface area contributed by atoms with Crippen molar-refractivity contribution in [1.82, 2.24) is 10.7 Å². The number of hydrogen-bond acceptors (Lipinski definition) is 4. The summed E-state index contributed by atoms with van der Waals surface area (Å²) in [6.07, 6.45) is 7.11. The van der Waals surface area contributed by atoms with Crippen LogP contribution in [-0.4, -0.2) is 28.4 Å². The van der Waals surface area contributed by atoms with Crippen LogP contribution in [0.4, 0.5) is 9.59 Å². The second-order valence-corrected chi connectivity index (χ2v) is 6.39. The van der Waals surface area contributed by atoms with Gasteiger partial charge in [-0.25, -0.2) is 15.4 Å². The zero-order chi connectivity index (χ0) is 15.9. The zero-order valence-corrected chi connectivity index (χ0v) is 12.9. The topological polar surface area (TPSA) is 114 Å². The van der Waals surface area contributed by atoms with E-state index in [-0.39, 0.29) is 11.1 Å². The molecule has 0 bridgehead atoms. The predicted molar refractivity (Wildman–Crippen MR) is 78.7 cm³/mol. The van der Waals surface area contributed by atoms with Crippen LogP contribution in [-0.2, 0) is 4.74 Å². The number of nitrogens with two attached hydrogens (primary N) is 1. The molecule has 0 aliphatic heterocycles. The van der Waals surface area contributed by atoms with Crippen molar-refractivity contribution in [2.24, 2.45) is 5.84 Å². The Bertz CT molecular complexity index is 363. The van der Waals surface area contributed by atoms with Crippen molar-refractivity contribution in [2.75, 3.05) is 0 Å². The highest BCUT2D eigenvalue weighted by molar-refractivity contribution is 5.67. The van der Waals surface area contributed by atoms with Gasteiger partial charge >= 0.3 is 12.2 Å². The van der Waals surface area contributed by atoms with Gasteiger partial charge in [-0.3, -0.25) is 5.43 Å². The minimum Gasteiger partial charge on any atom is -0.465 e. The zero-order valence-electron chi connectivity index (χ0n) is 12.9. The average Bonchev–Trinajstić information content (AvgIpc) is 2.37. The van der Waals surface area contributed by atoms with Crippen molar-refractivity contribution in [3.8, 4) is 0 Å². The standard InChI is InChI=1S/C8H15NO2.C6H12N2O2/c1-8(9-7(10)11)5-3-2-4-6-8;1-6(3-2-4-6)10-5(9)8-7/h9H,2-6H2,1H3,(H,10,11);2-4,7H2,1H3,(H,8,9). The van der Waals surface area contributed by atoms with Crippen LogP contribution in [0.15, 0.2) is 0 Å². The van der Waals surface area contributed by atoms with Crippen molar-refractivity contribution in [1.29, 1.82) is 0 Å². The SMILES string of the molecule is CC1(NC(=O)O)CCCCC1.CC1(OC(=O)NN)CCC1. The second-order valence-electron chi connectivity index (χ2n) is 6.39. The second kappa shape index (κ2) is 7.49. The lowest BCUT2D eigenvalue weighted by Crippen LogP contribution is -2.46. The summed E-state index contributed by atoms with van der Waals surface area (Å²) in [5.74, 6) is 4.83. The van der Waals surface area contributed by atoms with E-state index in [9.17, 15) is 9.59 Å². The molecule has 0 aromatic heterocycles.